The first-order chi connectivity index (χ1) is 9.00. The number of halogens is 1. The molecule has 0 saturated carbocycles. The Balaban J connectivity index is 2.32. The Morgan fingerprint density at radius 3 is 2.74 bits per heavy atom. The Kier molecular flexibility index (Phi) is 4.50. The molecule has 104 valence electrons. The number of rotatable bonds is 3. The summed E-state index contributed by atoms with van der Waals surface area (Å²) in [4.78, 5) is 12.2. The van der Waals surface area contributed by atoms with E-state index in [0.717, 1.165) is 5.56 Å². The first-order valence-electron chi connectivity index (χ1n) is 6.69. The van der Waals surface area contributed by atoms with Crippen molar-refractivity contribution in [1.29, 1.82) is 0 Å². The van der Waals surface area contributed by atoms with Crippen molar-refractivity contribution in [2.45, 2.75) is 25.6 Å². The highest BCUT2D eigenvalue weighted by Gasteiger charge is 2.23. The van der Waals surface area contributed by atoms with E-state index in [1.165, 1.54) is 0 Å². The molecule has 0 radical (unpaired) electrons. The van der Waals surface area contributed by atoms with Crippen LogP contribution in [0.5, 0.6) is 5.75 Å². The summed E-state index contributed by atoms with van der Waals surface area (Å²) >= 11 is 3.75. The number of ether oxygens (including phenoxy) is 1. The van der Waals surface area contributed by atoms with Gasteiger partial charge in [0, 0.05) is 4.83 Å². The van der Waals surface area contributed by atoms with E-state index >= 15 is 0 Å². The van der Waals surface area contributed by atoms with Crippen LogP contribution in [0.4, 0.5) is 0 Å². The van der Waals surface area contributed by atoms with E-state index in [-0.39, 0.29) is 10.7 Å². The SMILES string of the molecule is CC(C)C(C)C(Br)c1ccc2c(c1)C(=O)NCCO2. The molecular formula is C15H20BrNO2. The molecule has 1 N–H and O–H groups in total. The maximum atomic E-state index is 12.0. The smallest absolute Gasteiger partial charge is 0.255 e. The van der Waals surface area contributed by atoms with Gasteiger partial charge in [-0.2, -0.15) is 0 Å². The second-order valence-electron chi connectivity index (χ2n) is 5.36. The van der Waals surface area contributed by atoms with E-state index in [1.807, 2.05) is 18.2 Å². The zero-order valence-electron chi connectivity index (χ0n) is 11.6. The molecule has 2 rings (SSSR count). The molecule has 2 unspecified atom stereocenters. The van der Waals surface area contributed by atoms with Crippen LogP contribution in [0.3, 0.4) is 0 Å². The largest absolute Gasteiger partial charge is 0.491 e. The van der Waals surface area contributed by atoms with Crippen LogP contribution < -0.4 is 10.1 Å². The van der Waals surface area contributed by atoms with Crippen LogP contribution in [0, 0.1) is 11.8 Å². The van der Waals surface area contributed by atoms with Crippen molar-refractivity contribution in [2.24, 2.45) is 11.8 Å². The molecule has 0 saturated heterocycles. The topological polar surface area (TPSA) is 38.3 Å². The molecule has 1 aliphatic rings. The van der Waals surface area contributed by atoms with Crippen molar-refractivity contribution in [2.75, 3.05) is 13.2 Å². The number of benzene rings is 1. The normalized spacial score (nSPS) is 18.1. The second-order valence-corrected chi connectivity index (χ2v) is 6.35. The molecule has 19 heavy (non-hydrogen) atoms. The van der Waals surface area contributed by atoms with Crippen molar-refractivity contribution >= 4 is 21.8 Å². The maximum absolute atomic E-state index is 12.0. The summed E-state index contributed by atoms with van der Waals surface area (Å²) in [7, 11) is 0. The van der Waals surface area contributed by atoms with Gasteiger partial charge in [-0.15, -0.1) is 0 Å². The van der Waals surface area contributed by atoms with Crippen LogP contribution in [-0.4, -0.2) is 19.1 Å². The minimum Gasteiger partial charge on any atom is -0.491 e. The fourth-order valence-corrected chi connectivity index (χ4v) is 2.98. The van der Waals surface area contributed by atoms with E-state index < -0.39 is 0 Å². The van der Waals surface area contributed by atoms with Gasteiger partial charge in [0.1, 0.15) is 12.4 Å². The highest BCUT2D eigenvalue weighted by Crippen LogP contribution is 2.37. The fraction of sp³-hybridized carbons (Fsp3) is 0.533. The summed E-state index contributed by atoms with van der Waals surface area (Å²) in [6.45, 7) is 7.71. The predicted octanol–water partition coefficient (Wildman–Crippen LogP) is 3.54. The number of hydrogen-bond acceptors (Lipinski definition) is 2. The van der Waals surface area contributed by atoms with E-state index in [0.29, 0.717) is 36.3 Å². The molecular weight excluding hydrogens is 306 g/mol. The minimum absolute atomic E-state index is 0.0498. The first-order valence-corrected chi connectivity index (χ1v) is 7.61. The highest BCUT2D eigenvalue weighted by atomic mass is 79.9. The lowest BCUT2D eigenvalue weighted by atomic mass is 9.90. The predicted molar refractivity (Wildman–Crippen MR) is 79.9 cm³/mol. The van der Waals surface area contributed by atoms with Gasteiger partial charge < -0.3 is 10.1 Å². The Labute approximate surface area is 122 Å². The van der Waals surface area contributed by atoms with Crippen LogP contribution in [0.25, 0.3) is 0 Å². The molecule has 0 spiro atoms. The molecule has 3 nitrogen and oxygen atoms in total. The number of nitrogens with one attached hydrogen (secondary N) is 1. The lowest BCUT2D eigenvalue weighted by Crippen LogP contribution is -2.24. The Morgan fingerprint density at radius 1 is 1.32 bits per heavy atom. The molecule has 1 aromatic carbocycles. The van der Waals surface area contributed by atoms with E-state index in [9.17, 15) is 4.79 Å². The van der Waals surface area contributed by atoms with Crippen molar-refractivity contribution in [3.8, 4) is 5.75 Å². The molecule has 0 aliphatic carbocycles. The van der Waals surface area contributed by atoms with Crippen molar-refractivity contribution in [1.82, 2.24) is 5.32 Å². The van der Waals surface area contributed by atoms with Crippen LogP contribution >= 0.6 is 15.9 Å². The molecule has 0 fully saturated rings. The summed E-state index contributed by atoms with van der Waals surface area (Å²) in [6.07, 6.45) is 0. The standard InChI is InChI=1S/C15H20BrNO2/c1-9(2)10(3)14(16)11-4-5-13-12(8-11)15(18)17-6-7-19-13/h4-5,8-10,14H,6-7H2,1-3H3,(H,17,18). The number of hydrogen-bond donors (Lipinski definition) is 1. The third-order valence-electron chi connectivity index (χ3n) is 3.73. The molecule has 1 aromatic rings. The van der Waals surface area contributed by atoms with Gasteiger partial charge in [0.15, 0.2) is 0 Å². The number of carbonyl (C=O) groups excluding carboxylic acids is 1. The molecule has 0 bridgehead atoms. The third kappa shape index (κ3) is 3.11. The number of carbonyl (C=O) groups is 1. The number of amides is 1. The molecule has 1 amide bonds. The quantitative estimate of drug-likeness (QED) is 0.863. The lowest BCUT2D eigenvalue weighted by molar-refractivity contribution is 0.0957. The average Bonchev–Trinajstić information content (AvgIpc) is 2.58. The molecule has 4 heteroatoms. The van der Waals surface area contributed by atoms with Gasteiger partial charge in [0.2, 0.25) is 0 Å². The summed E-state index contributed by atoms with van der Waals surface area (Å²) in [6, 6.07) is 5.88. The number of fused-ring (bicyclic) bond motifs is 1. The van der Waals surface area contributed by atoms with Crippen molar-refractivity contribution < 1.29 is 9.53 Å². The van der Waals surface area contributed by atoms with Crippen molar-refractivity contribution in [3.05, 3.63) is 29.3 Å². The summed E-state index contributed by atoms with van der Waals surface area (Å²) in [5.41, 5.74) is 1.76. The molecule has 2 atom stereocenters. The Morgan fingerprint density at radius 2 is 2.05 bits per heavy atom. The maximum Gasteiger partial charge on any atom is 0.255 e. The van der Waals surface area contributed by atoms with Gasteiger partial charge in [-0.25, -0.2) is 0 Å². The summed E-state index contributed by atoms with van der Waals surface area (Å²) in [5.74, 6) is 1.70. The van der Waals surface area contributed by atoms with Gasteiger partial charge in [0.05, 0.1) is 12.1 Å². The first kappa shape index (κ1) is 14.4. The minimum atomic E-state index is -0.0498. The van der Waals surface area contributed by atoms with Gasteiger partial charge >= 0.3 is 0 Å². The summed E-state index contributed by atoms with van der Waals surface area (Å²) < 4.78 is 5.56. The summed E-state index contributed by atoms with van der Waals surface area (Å²) in [5, 5.41) is 2.84. The fourth-order valence-electron chi connectivity index (χ4n) is 2.08. The number of alkyl halides is 1. The molecule has 1 aliphatic heterocycles. The zero-order valence-corrected chi connectivity index (χ0v) is 13.2. The highest BCUT2D eigenvalue weighted by molar-refractivity contribution is 9.09. The van der Waals surface area contributed by atoms with E-state index in [4.69, 9.17) is 4.74 Å². The van der Waals surface area contributed by atoms with Crippen LogP contribution in [0.1, 0.15) is 41.5 Å². The van der Waals surface area contributed by atoms with Gasteiger partial charge in [-0.05, 0) is 29.5 Å². The third-order valence-corrected chi connectivity index (χ3v) is 5.09. The van der Waals surface area contributed by atoms with E-state index in [2.05, 4.69) is 42.0 Å². The Hall–Kier alpha value is -1.03. The van der Waals surface area contributed by atoms with Crippen molar-refractivity contribution in [3.63, 3.8) is 0 Å². The van der Waals surface area contributed by atoms with Crippen LogP contribution in [0.15, 0.2) is 18.2 Å². The Bertz CT molecular complexity index is 473. The zero-order chi connectivity index (χ0) is 14.0. The monoisotopic (exact) mass is 325 g/mol. The average molecular weight is 326 g/mol. The lowest BCUT2D eigenvalue weighted by Gasteiger charge is -2.23. The molecule has 1 heterocycles. The van der Waals surface area contributed by atoms with Gasteiger partial charge in [-0.3, -0.25) is 4.79 Å². The van der Waals surface area contributed by atoms with Crippen LogP contribution in [0.2, 0.25) is 0 Å². The van der Waals surface area contributed by atoms with Gasteiger partial charge in [-0.1, -0.05) is 42.8 Å². The van der Waals surface area contributed by atoms with Crippen LogP contribution in [-0.2, 0) is 0 Å². The second kappa shape index (κ2) is 5.95. The van der Waals surface area contributed by atoms with Gasteiger partial charge in [0.25, 0.3) is 5.91 Å². The van der Waals surface area contributed by atoms with E-state index in [1.54, 1.807) is 0 Å². The molecule has 0 aromatic heterocycles.